The lowest BCUT2D eigenvalue weighted by molar-refractivity contribution is -0.124. The van der Waals surface area contributed by atoms with Crippen molar-refractivity contribution in [1.82, 2.24) is 14.7 Å². The van der Waals surface area contributed by atoms with E-state index in [1.165, 1.54) is 19.4 Å². The molecule has 126 valence electrons. The highest BCUT2D eigenvalue weighted by Gasteiger charge is 2.32. The molecule has 23 heavy (non-hydrogen) atoms. The summed E-state index contributed by atoms with van der Waals surface area (Å²) in [6.07, 6.45) is 2.58. The third-order valence-electron chi connectivity index (χ3n) is 5.21. The second-order valence-electron chi connectivity index (χ2n) is 6.85. The molecule has 0 aliphatic carbocycles. The van der Waals surface area contributed by atoms with Gasteiger partial charge in [0.15, 0.2) is 0 Å². The fourth-order valence-electron chi connectivity index (χ4n) is 3.99. The van der Waals surface area contributed by atoms with Gasteiger partial charge in [-0.15, -0.1) is 0 Å². The zero-order valence-electron chi connectivity index (χ0n) is 14.0. The Labute approximate surface area is 139 Å². The Hall–Kier alpha value is -1.43. The zero-order chi connectivity index (χ0) is 16.2. The fraction of sp³-hybridized carbons (Fsp3) is 0.611. The van der Waals surface area contributed by atoms with Crippen LogP contribution < -0.4 is 5.73 Å². The van der Waals surface area contributed by atoms with E-state index in [-0.39, 0.29) is 11.9 Å². The van der Waals surface area contributed by atoms with E-state index in [2.05, 4.69) is 21.7 Å². The number of likely N-dealkylation sites (tertiary alicyclic amines) is 1. The molecule has 0 bridgehead atoms. The molecule has 2 aliphatic rings. The number of hydrogen-bond acceptors (Lipinski definition) is 4. The number of nitrogens with zero attached hydrogens (tertiary/aromatic N) is 3. The molecule has 0 unspecified atom stereocenters. The van der Waals surface area contributed by atoms with Crippen LogP contribution in [0.3, 0.4) is 0 Å². The summed E-state index contributed by atoms with van der Waals surface area (Å²) in [7, 11) is 2.21. The molecule has 0 radical (unpaired) electrons. The van der Waals surface area contributed by atoms with Gasteiger partial charge in [0, 0.05) is 38.8 Å². The topological polar surface area (TPSA) is 52.8 Å². The molecule has 0 spiro atoms. The van der Waals surface area contributed by atoms with Gasteiger partial charge in [0.05, 0.1) is 0 Å². The second kappa shape index (κ2) is 7.43. The molecule has 0 saturated carbocycles. The van der Waals surface area contributed by atoms with Gasteiger partial charge < -0.3 is 10.6 Å². The molecule has 1 aromatic carbocycles. The monoisotopic (exact) mass is 316 g/mol. The number of hydrogen-bond donors (Lipinski definition) is 1. The van der Waals surface area contributed by atoms with Crippen molar-refractivity contribution < 1.29 is 4.79 Å². The number of benzene rings is 1. The number of carbonyl (C=O) groups excluding carboxylic acids is 1. The van der Waals surface area contributed by atoms with E-state index in [1.54, 1.807) is 0 Å². The van der Waals surface area contributed by atoms with Crippen molar-refractivity contribution in [1.29, 1.82) is 0 Å². The summed E-state index contributed by atoms with van der Waals surface area (Å²) in [5.41, 5.74) is 6.70. The van der Waals surface area contributed by atoms with Crippen LogP contribution in [0.4, 0.5) is 0 Å². The first-order valence-corrected chi connectivity index (χ1v) is 8.66. The van der Waals surface area contributed by atoms with Crippen LogP contribution in [0.25, 0.3) is 0 Å². The first-order chi connectivity index (χ1) is 11.1. The van der Waals surface area contributed by atoms with Crippen molar-refractivity contribution >= 4 is 5.91 Å². The molecule has 0 aromatic heterocycles. The van der Waals surface area contributed by atoms with E-state index >= 15 is 0 Å². The van der Waals surface area contributed by atoms with Crippen molar-refractivity contribution in [2.45, 2.75) is 24.9 Å². The number of amides is 1. The number of nitrogens with two attached hydrogens (primary N) is 1. The summed E-state index contributed by atoms with van der Waals surface area (Å²) in [6, 6.07) is 10.3. The lowest BCUT2D eigenvalue weighted by Gasteiger charge is -2.44. The maximum atomic E-state index is 12.0. The Morgan fingerprint density at radius 3 is 2.43 bits per heavy atom. The Kier molecular flexibility index (Phi) is 5.30. The van der Waals surface area contributed by atoms with Crippen LogP contribution >= 0.6 is 0 Å². The van der Waals surface area contributed by atoms with Gasteiger partial charge in [-0.25, -0.2) is 0 Å². The van der Waals surface area contributed by atoms with Crippen molar-refractivity contribution in [2.24, 2.45) is 5.73 Å². The van der Waals surface area contributed by atoms with Crippen LogP contribution in [0, 0.1) is 0 Å². The molecule has 1 aromatic rings. The molecule has 2 heterocycles. The lowest BCUT2D eigenvalue weighted by atomic mass is 10.0. The average molecular weight is 316 g/mol. The summed E-state index contributed by atoms with van der Waals surface area (Å²) < 4.78 is 0. The highest BCUT2D eigenvalue weighted by molar-refractivity contribution is 5.81. The Bertz CT molecular complexity index is 513. The predicted octanol–water partition coefficient (Wildman–Crippen LogP) is 0.925. The van der Waals surface area contributed by atoms with Gasteiger partial charge in [0.1, 0.15) is 6.04 Å². The van der Waals surface area contributed by atoms with Crippen molar-refractivity contribution in [3.63, 3.8) is 0 Å². The maximum Gasteiger partial charge on any atom is 0.239 e. The quantitative estimate of drug-likeness (QED) is 0.898. The van der Waals surface area contributed by atoms with Gasteiger partial charge >= 0.3 is 0 Å². The summed E-state index contributed by atoms with van der Waals surface area (Å²) in [4.78, 5) is 19.2. The van der Waals surface area contributed by atoms with E-state index in [0.717, 1.165) is 38.3 Å². The Balaban J connectivity index is 1.62. The minimum atomic E-state index is -0.299. The molecule has 1 amide bonds. The van der Waals surface area contributed by atoms with E-state index in [1.807, 2.05) is 30.3 Å². The first kappa shape index (κ1) is 16.4. The number of rotatable bonds is 4. The second-order valence-corrected chi connectivity index (χ2v) is 6.85. The van der Waals surface area contributed by atoms with Gasteiger partial charge in [0.25, 0.3) is 0 Å². The van der Waals surface area contributed by atoms with Crippen molar-refractivity contribution in [3.05, 3.63) is 35.9 Å². The SMILES string of the molecule is CN1CCC[C@@H](N2CCN([C@H](C(N)=O)c3ccccc3)CC2)C1. The molecule has 2 saturated heterocycles. The molecule has 2 atom stereocenters. The number of carbonyl (C=O) groups is 1. The van der Waals surface area contributed by atoms with Gasteiger partial charge in [-0.2, -0.15) is 0 Å². The van der Waals surface area contributed by atoms with Crippen LogP contribution in [0.5, 0.6) is 0 Å². The smallest absolute Gasteiger partial charge is 0.239 e. The molecule has 2 N–H and O–H groups in total. The van der Waals surface area contributed by atoms with Gasteiger partial charge in [0.2, 0.25) is 5.91 Å². The summed E-state index contributed by atoms with van der Waals surface area (Å²) in [5.74, 6) is -0.248. The normalized spacial score (nSPS) is 26.0. The molecule has 3 rings (SSSR count). The lowest BCUT2D eigenvalue weighted by Crippen LogP contribution is -2.56. The van der Waals surface area contributed by atoms with Crippen LogP contribution in [-0.4, -0.2) is 73.0 Å². The predicted molar refractivity (Wildman–Crippen MR) is 92.0 cm³/mol. The van der Waals surface area contributed by atoms with Crippen LogP contribution in [0.2, 0.25) is 0 Å². The van der Waals surface area contributed by atoms with E-state index in [4.69, 9.17) is 5.73 Å². The molecular weight excluding hydrogens is 288 g/mol. The third-order valence-corrected chi connectivity index (χ3v) is 5.21. The van der Waals surface area contributed by atoms with E-state index in [9.17, 15) is 4.79 Å². The zero-order valence-corrected chi connectivity index (χ0v) is 14.0. The van der Waals surface area contributed by atoms with Gasteiger partial charge in [-0.1, -0.05) is 30.3 Å². The molecular formula is C18H28N4O. The standard InChI is InChI=1S/C18H28N4O/c1-20-9-5-8-16(14-20)21-10-12-22(13-11-21)17(18(19)23)15-6-3-2-4-7-15/h2-4,6-7,16-17H,5,8-14H2,1H3,(H2,19,23)/t16-,17+/m1/s1. The van der Waals surface area contributed by atoms with Crippen LogP contribution in [-0.2, 0) is 4.79 Å². The maximum absolute atomic E-state index is 12.0. The molecule has 5 nitrogen and oxygen atoms in total. The Morgan fingerprint density at radius 1 is 1.13 bits per heavy atom. The van der Waals surface area contributed by atoms with Crippen LogP contribution in [0.1, 0.15) is 24.4 Å². The number of piperazine rings is 1. The number of likely N-dealkylation sites (N-methyl/N-ethyl adjacent to an activating group) is 1. The van der Waals surface area contributed by atoms with E-state index in [0.29, 0.717) is 6.04 Å². The highest BCUT2D eigenvalue weighted by atomic mass is 16.1. The Morgan fingerprint density at radius 2 is 1.83 bits per heavy atom. The third kappa shape index (κ3) is 3.91. The summed E-state index contributed by atoms with van der Waals surface area (Å²) in [6.45, 7) is 6.24. The largest absolute Gasteiger partial charge is 0.368 e. The molecule has 2 fully saturated rings. The minimum Gasteiger partial charge on any atom is -0.368 e. The first-order valence-electron chi connectivity index (χ1n) is 8.66. The van der Waals surface area contributed by atoms with Crippen molar-refractivity contribution in [2.75, 3.05) is 46.3 Å². The average Bonchev–Trinajstić information content (AvgIpc) is 2.56. The van der Waals surface area contributed by atoms with E-state index < -0.39 is 0 Å². The number of piperidine rings is 1. The summed E-state index contributed by atoms with van der Waals surface area (Å²) >= 11 is 0. The van der Waals surface area contributed by atoms with Crippen molar-refractivity contribution in [3.8, 4) is 0 Å². The molecule has 5 heteroatoms. The summed E-state index contributed by atoms with van der Waals surface area (Å²) in [5, 5.41) is 0. The fourth-order valence-corrected chi connectivity index (χ4v) is 3.99. The molecule has 2 aliphatic heterocycles. The van der Waals surface area contributed by atoms with Gasteiger partial charge in [-0.3, -0.25) is 14.6 Å². The highest BCUT2D eigenvalue weighted by Crippen LogP contribution is 2.24. The van der Waals surface area contributed by atoms with Crippen LogP contribution in [0.15, 0.2) is 30.3 Å². The number of primary amides is 1. The minimum absolute atomic E-state index is 0.248. The van der Waals surface area contributed by atoms with Gasteiger partial charge in [-0.05, 0) is 32.0 Å².